The first-order chi connectivity index (χ1) is 8.31. The topological polar surface area (TPSA) is 51.8 Å². The molecule has 3 rings (SSSR count). The van der Waals surface area contributed by atoms with Crippen LogP contribution >= 0.6 is 11.8 Å². The van der Waals surface area contributed by atoms with E-state index >= 15 is 0 Å². The van der Waals surface area contributed by atoms with Crippen molar-refractivity contribution in [2.24, 2.45) is 0 Å². The van der Waals surface area contributed by atoms with Gasteiger partial charge in [-0.1, -0.05) is 17.8 Å². The van der Waals surface area contributed by atoms with Crippen molar-refractivity contribution < 1.29 is 0 Å². The third kappa shape index (κ3) is 2.26. The van der Waals surface area contributed by atoms with Crippen LogP contribution in [0.1, 0.15) is 17.5 Å². The van der Waals surface area contributed by atoms with Crippen molar-refractivity contribution in [1.29, 1.82) is 0 Å². The Morgan fingerprint density at radius 3 is 2.88 bits per heavy atom. The van der Waals surface area contributed by atoms with Crippen molar-refractivity contribution >= 4 is 17.7 Å². The second-order valence-electron chi connectivity index (χ2n) is 4.14. The molecule has 1 aromatic carbocycles. The van der Waals surface area contributed by atoms with E-state index in [-0.39, 0.29) is 0 Å². The summed E-state index contributed by atoms with van der Waals surface area (Å²) < 4.78 is 0. The van der Waals surface area contributed by atoms with Crippen LogP contribution < -0.4 is 5.73 Å². The number of nitrogens with two attached hydrogens (primary N) is 1. The smallest absolute Gasteiger partial charge is 0.221 e. The fourth-order valence-corrected chi connectivity index (χ4v) is 2.99. The van der Waals surface area contributed by atoms with Gasteiger partial charge in [0.2, 0.25) is 5.95 Å². The molecule has 0 bridgehead atoms. The lowest BCUT2D eigenvalue weighted by Crippen LogP contribution is -1.94. The number of aryl methyl sites for hydroxylation is 2. The van der Waals surface area contributed by atoms with Gasteiger partial charge in [0.15, 0.2) is 0 Å². The number of benzene rings is 1. The van der Waals surface area contributed by atoms with Crippen molar-refractivity contribution in [3.05, 3.63) is 41.6 Å². The first kappa shape index (κ1) is 10.6. The highest BCUT2D eigenvalue weighted by Gasteiger charge is 2.11. The zero-order chi connectivity index (χ0) is 11.7. The summed E-state index contributed by atoms with van der Waals surface area (Å²) >= 11 is 1.64. The van der Waals surface area contributed by atoms with Crippen molar-refractivity contribution in [3.8, 4) is 0 Å². The lowest BCUT2D eigenvalue weighted by atomic mass is 10.1. The minimum Gasteiger partial charge on any atom is -0.368 e. The Morgan fingerprint density at radius 1 is 1.12 bits per heavy atom. The Kier molecular flexibility index (Phi) is 2.73. The molecule has 2 N–H and O–H groups in total. The highest BCUT2D eigenvalue weighted by molar-refractivity contribution is 7.99. The molecule has 2 aromatic rings. The van der Waals surface area contributed by atoms with Gasteiger partial charge in [0.05, 0.1) is 0 Å². The predicted molar refractivity (Wildman–Crippen MR) is 69.0 cm³/mol. The minimum absolute atomic E-state index is 0.330. The molecule has 0 spiro atoms. The fourth-order valence-electron chi connectivity index (χ4n) is 2.15. The van der Waals surface area contributed by atoms with Crippen LogP contribution in [0.25, 0.3) is 0 Å². The monoisotopic (exact) mass is 243 g/mol. The summed E-state index contributed by atoms with van der Waals surface area (Å²) in [6.07, 6.45) is 5.40. The summed E-state index contributed by atoms with van der Waals surface area (Å²) in [6.45, 7) is 0. The maximum atomic E-state index is 5.57. The lowest BCUT2D eigenvalue weighted by molar-refractivity contribution is 0.911. The molecule has 0 unspecified atom stereocenters. The Balaban J connectivity index is 1.86. The van der Waals surface area contributed by atoms with E-state index in [4.69, 9.17) is 5.73 Å². The van der Waals surface area contributed by atoms with Gasteiger partial charge >= 0.3 is 0 Å². The molecule has 0 atom stereocenters. The van der Waals surface area contributed by atoms with Gasteiger partial charge in [-0.15, -0.1) is 0 Å². The van der Waals surface area contributed by atoms with Crippen LogP contribution in [0.15, 0.2) is 40.4 Å². The largest absolute Gasteiger partial charge is 0.368 e. The Bertz CT molecular complexity index is 554. The maximum absolute atomic E-state index is 5.57. The van der Waals surface area contributed by atoms with Crippen molar-refractivity contribution in [2.75, 3.05) is 5.73 Å². The van der Waals surface area contributed by atoms with Crippen LogP contribution in [0.3, 0.4) is 0 Å². The van der Waals surface area contributed by atoms with E-state index in [0.29, 0.717) is 5.95 Å². The standard InChI is InChI=1S/C13H13N3S/c14-13-15-7-6-12(16-13)17-11-5-4-9-2-1-3-10(9)8-11/h4-8H,1-3H2,(H2,14,15,16). The van der Waals surface area contributed by atoms with E-state index in [1.807, 2.05) is 6.07 Å². The van der Waals surface area contributed by atoms with Gasteiger partial charge in [0, 0.05) is 11.1 Å². The number of anilines is 1. The number of aromatic nitrogens is 2. The summed E-state index contributed by atoms with van der Waals surface area (Å²) in [5, 5.41) is 0.899. The van der Waals surface area contributed by atoms with Crippen LogP contribution in [-0.4, -0.2) is 9.97 Å². The molecule has 1 aliphatic rings. The molecule has 17 heavy (non-hydrogen) atoms. The number of nitrogens with zero attached hydrogens (tertiary/aromatic N) is 2. The highest BCUT2D eigenvalue weighted by atomic mass is 32.2. The van der Waals surface area contributed by atoms with Crippen molar-refractivity contribution in [1.82, 2.24) is 9.97 Å². The van der Waals surface area contributed by atoms with Crippen LogP contribution in [0.4, 0.5) is 5.95 Å². The van der Waals surface area contributed by atoms with E-state index in [1.54, 1.807) is 18.0 Å². The lowest BCUT2D eigenvalue weighted by Gasteiger charge is -2.04. The van der Waals surface area contributed by atoms with Gasteiger partial charge in [-0.2, -0.15) is 0 Å². The molecule has 0 aliphatic heterocycles. The fraction of sp³-hybridized carbons (Fsp3) is 0.231. The Morgan fingerprint density at radius 2 is 2.00 bits per heavy atom. The first-order valence-electron chi connectivity index (χ1n) is 5.69. The maximum Gasteiger partial charge on any atom is 0.221 e. The second kappa shape index (κ2) is 4.37. The van der Waals surface area contributed by atoms with Gasteiger partial charge in [-0.05, 0) is 48.6 Å². The molecule has 0 radical (unpaired) electrons. The van der Waals surface area contributed by atoms with Crippen molar-refractivity contribution in [2.45, 2.75) is 29.2 Å². The SMILES string of the molecule is Nc1nccc(Sc2ccc3c(c2)CCC3)n1. The van der Waals surface area contributed by atoms with Gasteiger partial charge in [0.25, 0.3) is 0 Å². The molecule has 0 saturated carbocycles. The number of rotatable bonds is 2. The molecule has 0 saturated heterocycles. The average Bonchev–Trinajstić information content (AvgIpc) is 2.76. The Labute approximate surface area is 104 Å². The zero-order valence-corrected chi connectivity index (χ0v) is 10.2. The highest BCUT2D eigenvalue weighted by Crippen LogP contribution is 2.31. The van der Waals surface area contributed by atoms with Crippen LogP contribution in [0, 0.1) is 0 Å². The number of fused-ring (bicyclic) bond motifs is 1. The molecule has 0 amide bonds. The van der Waals surface area contributed by atoms with E-state index in [9.17, 15) is 0 Å². The number of hydrogen-bond donors (Lipinski definition) is 1. The summed E-state index contributed by atoms with van der Waals surface area (Å²) in [5.74, 6) is 0.330. The van der Waals surface area contributed by atoms with E-state index in [0.717, 1.165) is 5.03 Å². The number of hydrogen-bond acceptors (Lipinski definition) is 4. The molecule has 86 valence electrons. The normalized spacial score (nSPS) is 13.6. The third-order valence-electron chi connectivity index (χ3n) is 2.94. The van der Waals surface area contributed by atoms with E-state index in [1.165, 1.54) is 35.3 Å². The molecule has 1 aromatic heterocycles. The molecule has 3 nitrogen and oxygen atoms in total. The molecule has 1 aliphatic carbocycles. The minimum atomic E-state index is 0.330. The second-order valence-corrected chi connectivity index (χ2v) is 5.23. The van der Waals surface area contributed by atoms with Gasteiger partial charge in [-0.25, -0.2) is 9.97 Å². The van der Waals surface area contributed by atoms with Gasteiger partial charge < -0.3 is 5.73 Å². The van der Waals surface area contributed by atoms with E-state index < -0.39 is 0 Å². The van der Waals surface area contributed by atoms with Crippen LogP contribution in [0.5, 0.6) is 0 Å². The molecular weight excluding hydrogens is 230 g/mol. The van der Waals surface area contributed by atoms with Gasteiger partial charge in [-0.3, -0.25) is 0 Å². The Hall–Kier alpha value is -1.55. The average molecular weight is 243 g/mol. The summed E-state index contributed by atoms with van der Waals surface area (Å²) in [6, 6.07) is 8.54. The quantitative estimate of drug-likeness (QED) is 0.824. The van der Waals surface area contributed by atoms with Crippen LogP contribution in [0.2, 0.25) is 0 Å². The molecular formula is C13H13N3S. The summed E-state index contributed by atoms with van der Waals surface area (Å²) in [7, 11) is 0. The number of nitrogen functional groups attached to an aromatic ring is 1. The van der Waals surface area contributed by atoms with Crippen molar-refractivity contribution in [3.63, 3.8) is 0 Å². The van der Waals surface area contributed by atoms with Gasteiger partial charge in [0.1, 0.15) is 5.03 Å². The first-order valence-corrected chi connectivity index (χ1v) is 6.51. The predicted octanol–water partition coefficient (Wildman–Crippen LogP) is 2.70. The summed E-state index contributed by atoms with van der Waals surface area (Å²) in [5.41, 5.74) is 8.55. The molecule has 1 heterocycles. The third-order valence-corrected chi connectivity index (χ3v) is 3.87. The zero-order valence-electron chi connectivity index (χ0n) is 9.39. The van der Waals surface area contributed by atoms with Crippen LogP contribution in [-0.2, 0) is 12.8 Å². The molecule has 0 fully saturated rings. The molecule has 4 heteroatoms. The summed E-state index contributed by atoms with van der Waals surface area (Å²) in [4.78, 5) is 9.31. The van der Waals surface area contributed by atoms with E-state index in [2.05, 4.69) is 28.2 Å².